The number of hydrogen-bond acceptors (Lipinski definition) is 14. The lowest BCUT2D eigenvalue weighted by Gasteiger charge is -2.46. The summed E-state index contributed by atoms with van der Waals surface area (Å²) < 4.78 is 69.7. The molecule has 2 bridgehead atoms. The summed E-state index contributed by atoms with van der Waals surface area (Å²) in [7, 11) is 4.81. The fraction of sp³-hybridized carbons (Fsp3) is 0.776. The fourth-order valence-electron chi connectivity index (χ4n) is 10.6. The molecule has 1 aliphatic carbocycles. The Morgan fingerprint density at radius 2 is 1.62 bits per heavy atom. The molecular formula is C49H72O14. The van der Waals surface area contributed by atoms with Gasteiger partial charge in [-0.3, -0.25) is 4.79 Å². The van der Waals surface area contributed by atoms with Crippen LogP contribution in [0.4, 0.5) is 0 Å². The summed E-state index contributed by atoms with van der Waals surface area (Å²) >= 11 is 0. The van der Waals surface area contributed by atoms with Crippen LogP contribution in [-0.2, 0) is 56.9 Å². The van der Waals surface area contributed by atoms with Crippen LogP contribution in [0, 0.1) is 35.5 Å². The van der Waals surface area contributed by atoms with Crippen LogP contribution < -0.4 is 0 Å². The van der Waals surface area contributed by atoms with Crippen molar-refractivity contribution in [3.8, 4) is 11.8 Å². The maximum Gasteiger partial charge on any atom is 0.316 e. The van der Waals surface area contributed by atoms with Crippen molar-refractivity contribution in [3.05, 3.63) is 47.1 Å². The van der Waals surface area contributed by atoms with Gasteiger partial charge in [-0.15, -0.1) is 0 Å². The number of carbonyl (C=O) groups is 1. The molecule has 2 N–H and O–H groups in total. The molecule has 4 saturated heterocycles. The zero-order valence-electron chi connectivity index (χ0n) is 39.0. The zero-order chi connectivity index (χ0) is 45.4. The predicted molar refractivity (Wildman–Crippen MR) is 231 cm³/mol. The van der Waals surface area contributed by atoms with Crippen LogP contribution in [0.3, 0.4) is 0 Å². The van der Waals surface area contributed by atoms with E-state index in [4.69, 9.17) is 52.1 Å². The molecule has 352 valence electrons. The molecule has 0 saturated carbocycles. The van der Waals surface area contributed by atoms with Gasteiger partial charge in [-0.2, -0.15) is 0 Å². The van der Waals surface area contributed by atoms with Gasteiger partial charge in [0.05, 0.1) is 55.8 Å². The van der Waals surface area contributed by atoms with Gasteiger partial charge in [0.25, 0.3) is 0 Å². The average Bonchev–Trinajstić information content (AvgIpc) is 3.59. The normalized spacial score (nSPS) is 48.3. The van der Waals surface area contributed by atoms with E-state index in [2.05, 4.69) is 45.6 Å². The number of allylic oxidation sites excluding steroid dienone is 2. The molecule has 0 aromatic heterocycles. The van der Waals surface area contributed by atoms with Gasteiger partial charge in [-0.25, -0.2) is 0 Å². The lowest BCUT2D eigenvalue weighted by Crippen LogP contribution is -2.58. The first kappa shape index (κ1) is 48.4. The summed E-state index contributed by atoms with van der Waals surface area (Å²) in [6.07, 6.45) is 5.25. The molecule has 14 heteroatoms. The Balaban J connectivity index is 1.19. The van der Waals surface area contributed by atoms with Gasteiger partial charge in [0.1, 0.15) is 42.0 Å². The third-order valence-corrected chi connectivity index (χ3v) is 14.5. The van der Waals surface area contributed by atoms with Crippen molar-refractivity contribution in [2.75, 3.05) is 27.9 Å². The third-order valence-electron chi connectivity index (χ3n) is 14.5. The quantitative estimate of drug-likeness (QED) is 0.170. The Kier molecular flexibility index (Phi) is 15.5. The van der Waals surface area contributed by atoms with Crippen molar-refractivity contribution in [2.45, 2.75) is 191 Å². The van der Waals surface area contributed by atoms with Crippen LogP contribution >= 0.6 is 0 Å². The second-order valence-electron chi connectivity index (χ2n) is 18.9. The molecule has 7 aliphatic rings. The molecule has 63 heavy (non-hydrogen) atoms. The van der Waals surface area contributed by atoms with Crippen molar-refractivity contribution < 1.29 is 67.1 Å². The third kappa shape index (κ3) is 9.97. The van der Waals surface area contributed by atoms with Crippen LogP contribution in [0.25, 0.3) is 0 Å². The van der Waals surface area contributed by atoms with E-state index in [0.29, 0.717) is 31.3 Å². The van der Waals surface area contributed by atoms with E-state index in [9.17, 15) is 15.0 Å². The summed E-state index contributed by atoms with van der Waals surface area (Å²) in [5.74, 6) is 3.90. The Bertz CT molecular complexity index is 1800. The Hall–Kier alpha value is -2.49. The van der Waals surface area contributed by atoms with E-state index in [0.717, 1.165) is 17.6 Å². The van der Waals surface area contributed by atoms with Crippen LogP contribution in [0.2, 0.25) is 0 Å². The molecule has 0 aromatic rings. The topological polar surface area (TPSA) is 159 Å². The predicted octanol–water partition coefficient (Wildman–Crippen LogP) is 5.48. The number of carbonyl (C=O) groups excluding carboxylic acids is 1. The summed E-state index contributed by atoms with van der Waals surface area (Å²) in [4.78, 5) is 14.5. The minimum absolute atomic E-state index is 0.00382. The van der Waals surface area contributed by atoms with Gasteiger partial charge < -0.3 is 62.3 Å². The number of hydrogen-bond donors (Lipinski definition) is 2. The van der Waals surface area contributed by atoms with Crippen LogP contribution in [-0.4, -0.2) is 141 Å². The van der Waals surface area contributed by atoms with Gasteiger partial charge >= 0.3 is 5.97 Å². The monoisotopic (exact) mass is 884 g/mol. The molecule has 0 aromatic carbocycles. The summed E-state index contributed by atoms with van der Waals surface area (Å²) in [6.45, 7) is 16.2. The molecule has 20 atom stereocenters. The van der Waals surface area contributed by atoms with Crippen molar-refractivity contribution >= 4 is 5.97 Å². The van der Waals surface area contributed by atoms with Crippen molar-refractivity contribution in [2.24, 2.45) is 23.7 Å². The van der Waals surface area contributed by atoms with Crippen LogP contribution in [0.1, 0.15) is 93.9 Å². The van der Waals surface area contributed by atoms with Crippen LogP contribution in [0.5, 0.6) is 0 Å². The smallest absolute Gasteiger partial charge is 0.316 e. The molecule has 0 unspecified atom stereocenters. The number of aliphatic hydroxyl groups is 2. The lowest BCUT2D eigenvalue weighted by molar-refractivity contribution is -0.318. The van der Waals surface area contributed by atoms with E-state index in [1.165, 1.54) is 0 Å². The second kappa shape index (κ2) is 20.2. The highest BCUT2D eigenvalue weighted by Gasteiger charge is 2.60. The van der Waals surface area contributed by atoms with E-state index in [1.54, 1.807) is 34.3 Å². The van der Waals surface area contributed by atoms with Gasteiger partial charge in [0, 0.05) is 52.4 Å². The highest BCUT2D eigenvalue weighted by Crippen LogP contribution is 2.47. The van der Waals surface area contributed by atoms with Crippen molar-refractivity contribution in [1.29, 1.82) is 0 Å². The van der Waals surface area contributed by atoms with Crippen LogP contribution in [0.15, 0.2) is 47.1 Å². The number of ether oxygens (including phenoxy) is 11. The molecule has 14 nitrogen and oxygen atoms in total. The Labute approximate surface area is 373 Å². The maximum absolute atomic E-state index is 14.5. The molecule has 6 aliphatic heterocycles. The fourth-order valence-corrected chi connectivity index (χ4v) is 10.6. The van der Waals surface area contributed by atoms with Gasteiger partial charge in [-0.1, -0.05) is 63.5 Å². The summed E-state index contributed by atoms with van der Waals surface area (Å²) in [5, 5.41) is 23.2. The molecule has 0 amide bonds. The molecule has 7 rings (SSSR count). The van der Waals surface area contributed by atoms with Crippen molar-refractivity contribution in [3.63, 3.8) is 0 Å². The second-order valence-corrected chi connectivity index (χ2v) is 18.9. The highest BCUT2D eigenvalue weighted by molar-refractivity contribution is 5.78. The Morgan fingerprint density at radius 1 is 0.905 bits per heavy atom. The molecule has 6 heterocycles. The number of fused-ring (bicyclic) bond motifs is 2. The largest absolute Gasteiger partial charge is 0.461 e. The van der Waals surface area contributed by atoms with Gasteiger partial charge in [-0.05, 0) is 69.6 Å². The first-order valence-corrected chi connectivity index (χ1v) is 23.1. The average molecular weight is 885 g/mol. The minimum Gasteiger partial charge on any atom is -0.461 e. The number of rotatable bonds is 9. The maximum atomic E-state index is 14.5. The Morgan fingerprint density at radius 3 is 2.33 bits per heavy atom. The standard InChI is InChI=1S/C49H72O14/c1-12-26(2)43-29(5)18-19-48(63-43)24-35-21-34(62-48)17-16-28(4)42(60-40-23-38(54-10)45(32(8)58-40)61-39-22-37(53-9)41(50)31(7)57-39)27(3)14-13-15-33-25-56-46-44(55-11)30(6)20-36(47(51)59-35)49(33,46)52/h13-16,20,26-27,29,31-32,34-46,50,52H,12,17,21-25H2,1-11H3/b14-13+,28-16+,33-15+/t26-,27-,29-,31-,32-,34+,35-,36-,37-,38-,39-,40-,41-,42-,43+,44+,45-,46+,48+,49+/m0/s1. The van der Waals surface area contributed by atoms with Crippen molar-refractivity contribution in [1.82, 2.24) is 0 Å². The number of methoxy groups -OCH3 is 3. The molecular weight excluding hydrogens is 813 g/mol. The van der Waals surface area contributed by atoms with Gasteiger partial charge in [0.2, 0.25) is 5.79 Å². The van der Waals surface area contributed by atoms with E-state index < -0.39 is 96.9 Å². The van der Waals surface area contributed by atoms with Gasteiger partial charge in [0.15, 0.2) is 12.6 Å². The first-order chi connectivity index (χ1) is 30.0. The highest BCUT2D eigenvalue weighted by atomic mass is 16.7. The molecule has 0 radical (unpaired) electrons. The lowest BCUT2D eigenvalue weighted by atomic mass is 9.70. The molecule has 4 fully saturated rings. The first-order valence-electron chi connectivity index (χ1n) is 23.1. The van der Waals surface area contributed by atoms with E-state index in [1.807, 2.05) is 39.0 Å². The van der Waals surface area contributed by atoms with E-state index in [-0.39, 0.29) is 43.0 Å². The van der Waals surface area contributed by atoms with E-state index >= 15 is 0 Å². The number of esters is 1. The SMILES string of the molecule is CC[C@H](C)[C@H]1O[C@]2(C#C[C@@H]1C)C[C@@H]1C[C@@H](C/C=C(\C)[C@@H](O[C@H]3C[C@H](OC)[C@@H](O[C@H]4C[C@H](OC)[C@@H](O)[C@H](C)O4)[C@H](C)O3)[C@@H](C)/C=C/C=C3\CO[C@@H]4[C@H](OC)C(C)=C[C@@H](C(=O)O1)[C@]34O)O2. The minimum atomic E-state index is -1.72. The summed E-state index contributed by atoms with van der Waals surface area (Å²) in [6, 6.07) is 0. The zero-order valence-corrected chi connectivity index (χ0v) is 39.0. The molecule has 1 spiro atoms. The summed E-state index contributed by atoms with van der Waals surface area (Å²) in [5.41, 5.74) is 0.572. The number of aliphatic hydroxyl groups excluding tert-OH is 1.